The van der Waals surface area contributed by atoms with Gasteiger partial charge in [-0.1, -0.05) is 30.3 Å². The number of hydrogen-bond acceptors (Lipinski definition) is 8. The number of fused-ring (bicyclic) bond motifs is 1. The van der Waals surface area contributed by atoms with Gasteiger partial charge in [-0.3, -0.25) is 4.98 Å². The minimum atomic E-state index is -0.529. The molecule has 0 spiro atoms. The largest absolute Gasteiger partial charge is 0.444 e. The third kappa shape index (κ3) is 6.21. The van der Waals surface area contributed by atoms with Crippen molar-refractivity contribution in [3.63, 3.8) is 0 Å². The van der Waals surface area contributed by atoms with Crippen LogP contribution in [0.15, 0.2) is 59.3 Å². The van der Waals surface area contributed by atoms with Crippen molar-refractivity contribution in [2.24, 2.45) is 0 Å². The Balaban J connectivity index is 1.29. The quantitative estimate of drug-likeness (QED) is 0.314. The number of carbonyl (C=O) groups is 1. The summed E-state index contributed by atoms with van der Waals surface area (Å²) in [5.41, 5.74) is 3.22. The maximum absolute atomic E-state index is 12.6. The van der Waals surface area contributed by atoms with E-state index in [0.29, 0.717) is 37.2 Å². The van der Waals surface area contributed by atoms with Crippen molar-refractivity contribution in [2.45, 2.75) is 51.8 Å². The molecule has 1 fully saturated rings. The molecule has 0 saturated carbocycles. The zero-order chi connectivity index (χ0) is 26.7. The number of ether oxygens (including phenoxy) is 1. The van der Waals surface area contributed by atoms with Crippen molar-refractivity contribution < 1.29 is 9.53 Å². The first-order valence-corrected chi connectivity index (χ1v) is 13.4. The number of anilines is 2. The van der Waals surface area contributed by atoms with Gasteiger partial charge in [0.1, 0.15) is 5.60 Å². The molecular weight excluding hydrogens is 548 g/mol. The Hall–Kier alpha value is -3.73. The van der Waals surface area contributed by atoms with Crippen LogP contribution in [0.2, 0.25) is 0 Å². The fraction of sp³-hybridized carbons (Fsp3) is 0.370. The van der Waals surface area contributed by atoms with Crippen LogP contribution in [0.1, 0.15) is 39.2 Å². The molecule has 0 radical (unpaired) electrons. The standard InChI is InChI=1S/C27H31BrN8O2/c1-27(2,3)38-26(37)35-14-6-7-20(17-35)32-24-33-23-21(28)16-31-36(23)25(34-24)30-15-18-9-11-19(12-10-18)22-8-4-5-13-29-22/h4-5,8-13,16,20H,6-7,14-15,17H2,1-3H3,(H2,30,32,33,34). The number of rotatable bonds is 6. The average molecular weight is 580 g/mol. The second-order valence-corrected chi connectivity index (χ2v) is 11.1. The lowest BCUT2D eigenvalue weighted by Crippen LogP contribution is -2.47. The minimum Gasteiger partial charge on any atom is -0.444 e. The van der Waals surface area contributed by atoms with Crippen LogP contribution in [0, 0.1) is 0 Å². The monoisotopic (exact) mass is 578 g/mol. The lowest BCUT2D eigenvalue weighted by atomic mass is 10.1. The molecule has 2 N–H and O–H groups in total. The van der Waals surface area contributed by atoms with Gasteiger partial charge >= 0.3 is 6.09 Å². The van der Waals surface area contributed by atoms with Crippen LogP contribution in [-0.4, -0.2) is 60.3 Å². The number of amides is 1. The lowest BCUT2D eigenvalue weighted by Gasteiger charge is -2.34. The fourth-order valence-electron chi connectivity index (χ4n) is 4.31. The number of likely N-dealkylation sites (tertiary alicyclic amines) is 1. The van der Waals surface area contributed by atoms with Gasteiger partial charge in [0.25, 0.3) is 0 Å². The first-order chi connectivity index (χ1) is 18.2. The van der Waals surface area contributed by atoms with E-state index in [1.54, 1.807) is 21.8 Å². The second kappa shape index (κ2) is 10.9. The van der Waals surface area contributed by atoms with E-state index in [4.69, 9.17) is 9.72 Å². The topological polar surface area (TPSA) is 110 Å². The van der Waals surface area contributed by atoms with Crippen molar-refractivity contribution >= 4 is 39.6 Å². The van der Waals surface area contributed by atoms with Crippen molar-refractivity contribution in [1.29, 1.82) is 0 Å². The Morgan fingerprint density at radius 1 is 1.16 bits per heavy atom. The number of piperidine rings is 1. The number of nitrogens with one attached hydrogen (secondary N) is 2. The van der Waals surface area contributed by atoms with E-state index < -0.39 is 5.60 Å². The van der Waals surface area contributed by atoms with E-state index in [9.17, 15) is 4.79 Å². The summed E-state index contributed by atoms with van der Waals surface area (Å²) in [5, 5.41) is 11.2. The van der Waals surface area contributed by atoms with Gasteiger partial charge in [0.15, 0.2) is 5.65 Å². The van der Waals surface area contributed by atoms with Crippen LogP contribution in [0.4, 0.5) is 16.7 Å². The van der Waals surface area contributed by atoms with Crippen LogP contribution in [0.25, 0.3) is 16.9 Å². The van der Waals surface area contributed by atoms with Crippen LogP contribution >= 0.6 is 15.9 Å². The average Bonchev–Trinajstić information content (AvgIpc) is 3.28. The highest BCUT2D eigenvalue weighted by atomic mass is 79.9. The fourth-order valence-corrected chi connectivity index (χ4v) is 4.66. The zero-order valence-corrected chi connectivity index (χ0v) is 23.3. The van der Waals surface area contributed by atoms with Gasteiger partial charge in [-0.05, 0) is 67.2 Å². The predicted molar refractivity (Wildman–Crippen MR) is 150 cm³/mol. The SMILES string of the molecule is CC(C)(C)OC(=O)N1CCCC(Nc2nc(NCc3ccc(-c4ccccn4)cc3)n3ncc(Br)c3n2)C1. The molecule has 4 aromatic rings. The zero-order valence-electron chi connectivity index (χ0n) is 21.7. The van der Waals surface area contributed by atoms with Gasteiger partial charge in [0.05, 0.1) is 16.4 Å². The summed E-state index contributed by atoms with van der Waals surface area (Å²) < 4.78 is 8.00. The minimum absolute atomic E-state index is 0.00686. The highest BCUT2D eigenvalue weighted by molar-refractivity contribution is 9.10. The first-order valence-electron chi connectivity index (χ1n) is 12.7. The third-order valence-electron chi connectivity index (χ3n) is 6.10. The maximum atomic E-state index is 12.6. The number of aromatic nitrogens is 5. The number of benzene rings is 1. The Bertz CT molecular complexity index is 1400. The van der Waals surface area contributed by atoms with Gasteiger partial charge < -0.3 is 20.3 Å². The molecule has 5 rings (SSSR count). The Kier molecular flexibility index (Phi) is 7.46. The number of hydrogen-bond donors (Lipinski definition) is 2. The molecule has 1 saturated heterocycles. The van der Waals surface area contributed by atoms with Gasteiger partial charge in [0, 0.05) is 37.4 Å². The summed E-state index contributed by atoms with van der Waals surface area (Å²) >= 11 is 3.54. The number of pyridine rings is 1. The highest BCUT2D eigenvalue weighted by Crippen LogP contribution is 2.23. The van der Waals surface area contributed by atoms with Crippen LogP contribution < -0.4 is 10.6 Å². The Morgan fingerprint density at radius 3 is 2.71 bits per heavy atom. The highest BCUT2D eigenvalue weighted by Gasteiger charge is 2.28. The van der Waals surface area contributed by atoms with Crippen molar-refractivity contribution in [2.75, 3.05) is 23.7 Å². The van der Waals surface area contributed by atoms with Crippen LogP contribution in [0.3, 0.4) is 0 Å². The normalized spacial score (nSPS) is 15.9. The molecule has 4 heterocycles. The smallest absolute Gasteiger partial charge is 0.410 e. The van der Waals surface area contributed by atoms with Crippen molar-refractivity contribution in [3.05, 3.63) is 64.9 Å². The molecule has 11 heteroatoms. The molecule has 1 amide bonds. The van der Waals surface area contributed by atoms with Crippen molar-refractivity contribution in [3.8, 4) is 11.3 Å². The number of carbonyl (C=O) groups excluding carboxylic acids is 1. The summed E-state index contributed by atoms with van der Waals surface area (Å²) in [5.74, 6) is 1.04. The summed E-state index contributed by atoms with van der Waals surface area (Å²) in [4.78, 5) is 28.1. The van der Waals surface area contributed by atoms with Crippen LogP contribution in [-0.2, 0) is 11.3 Å². The Morgan fingerprint density at radius 2 is 1.97 bits per heavy atom. The molecule has 0 aliphatic carbocycles. The molecule has 1 atom stereocenters. The summed E-state index contributed by atoms with van der Waals surface area (Å²) in [7, 11) is 0. The van der Waals surface area contributed by atoms with E-state index in [2.05, 4.69) is 65.9 Å². The molecule has 1 aliphatic rings. The van der Waals surface area contributed by atoms with Gasteiger partial charge in [0.2, 0.25) is 11.9 Å². The molecule has 10 nitrogen and oxygen atoms in total. The number of halogens is 1. The predicted octanol–water partition coefficient (Wildman–Crippen LogP) is 5.37. The van der Waals surface area contributed by atoms with Gasteiger partial charge in [-0.25, -0.2) is 4.79 Å². The van der Waals surface area contributed by atoms with E-state index in [1.807, 2.05) is 39.0 Å². The number of nitrogens with zero attached hydrogens (tertiary/aromatic N) is 6. The second-order valence-electron chi connectivity index (χ2n) is 10.3. The van der Waals surface area contributed by atoms with E-state index in [0.717, 1.165) is 34.1 Å². The summed E-state index contributed by atoms with van der Waals surface area (Å²) in [6, 6.07) is 14.2. The van der Waals surface area contributed by atoms with E-state index >= 15 is 0 Å². The molecular formula is C27H31BrN8O2. The van der Waals surface area contributed by atoms with Gasteiger partial charge in [-0.15, -0.1) is 0 Å². The molecule has 1 aromatic carbocycles. The molecule has 198 valence electrons. The summed E-state index contributed by atoms with van der Waals surface area (Å²) in [6.45, 7) is 7.38. The molecule has 3 aromatic heterocycles. The van der Waals surface area contributed by atoms with Gasteiger partial charge in [-0.2, -0.15) is 19.6 Å². The third-order valence-corrected chi connectivity index (χ3v) is 6.66. The van der Waals surface area contributed by atoms with Crippen molar-refractivity contribution in [1.82, 2.24) is 29.5 Å². The Labute approximate surface area is 230 Å². The molecule has 1 unspecified atom stereocenters. The van der Waals surface area contributed by atoms with E-state index in [-0.39, 0.29) is 12.1 Å². The molecule has 38 heavy (non-hydrogen) atoms. The molecule has 1 aliphatic heterocycles. The molecule has 0 bridgehead atoms. The first kappa shape index (κ1) is 25.9. The maximum Gasteiger partial charge on any atom is 0.410 e. The van der Waals surface area contributed by atoms with E-state index in [1.165, 1.54) is 0 Å². The lowest BCUT2D eigenvalue weighted by molar-refractivity contribution is 0.0206. The summed E-state index contributed by atoms with van der Waals surface area (Å²) in [6.07, 6.45) is 4.97. The van der Waals surface area contributed by atoms with Crippen LogP contribution in [0.5, 0.6) is 0 Å².